The Kier molecular flexibility index (Phi) is 5.59. The summed E-state index contributed by atoms with van der Waals surface area (Å²) in [5.41, 5.74) is 1.26. The molecule has 0 aliphatic carbocycles. The molecule has 3 heteroatoms. The zero-order valence-corrected chi connectivity index (χ0v) is 13.2. The van der Waals surface area contributed by atoms with E-state index < -0.39 is 0 Å². The molecule has 19 heavy (non-hydrogen) atoms. The number of anilines is 1. The van der Waals surface area contributed by atoms with Crippen LogP contribution >= 0.6 is 11.8 Å². The van der Waals surface area contributed by atoms with Gasteiger partial charge in [0, 0.05) is 36.3 Å². The molecule has 0 amide bonds. The number of hydrogen-bond donors (Lipinski definition) is 1. The molecule has 0 atom stereocenters. The molecule has 1 aromatic carbocycles. The molecule has 0 unspecified atom stereocenters. The molecule has 1 fully saturated rings. The van der Waals surface area contributed by atoms with Crippen molar-refractivity contribution >= 4 is 17.4 Å². The van der Waals surface area contributed by atoms with Crippen molar-refractivity contribution in [2.75, 3.05) is 31.2 Å². The van der Waals surface area contributed by atoms with E-state index in [1.165, 1.54) is 43.1 Å². The Balaban J connectivity index is 1.78. The van der Waals surface area contributed by atoms with Crippen LogP contribution in [-0.4, -0.2) is 36.8 Å². The van der Waals surface area contributed by atoms with Crippen molar-refractivity contribution in [3.63, 3.8) is 0 Å². The van der Waals surface area contributed by atoms with Crippen molar-refractivity contribution in [1.29, 1.82) is 0 Å². The molecule has 2 rings (SSSR count). The highest BCUT2D eigenvalue weighted by molar-refractivity contribution is 7.98. The summed E-state index contributed by atoms with van der Waals surface area (Å²) in [6.07, 6.45) is 4.64. The summed E-state index contributed by atoms with van der Waals surface area (Å²) in [6.45, 7) is 8.32. The molecule has 0 spiro atoms. The summed E-state index contributed by atoms with van der Waals surface area (Å²) >= 11 is 1.80. The standard InChI is InChI=1S/C16H26N2S/c1-13(2)12-18-10-8-15(9-11-18)17-14-4-6-16(19-3)7-5-14/h4-7,13,15,17H,8-12H2,1-3H3. The molecule has 1 N–H and O–H groups in total. The topological polar surface area (TPSA) is 15.3 Å². The first-order valence-corrected chi connectivity index (χ1v) is 8.53. The van der Waals surface area contributed by atoms with Crippen molar-refractivity contribution in [2.45, 2.75) is 37.6 Å². The van der Waals surface area contributed by atoms with E-state index >= 15 is 0 Å². The lowest BCUT2D eigenvalue weighted by atomic mass is 10.0. The molecule has 1 aliphatic heterocycles. The molecule has 1 saturated heterocycles. The fourth-order valence-electron chi connectivity index (χ4n) is 2.70. The predicted octanol–water partition coefficient (Wildman–Crippen LogP) is 3.94. The van der Waals surface area contributed by atoms with Crippen LogP contribution in [0.1, 0.15) is 26.7 Å². The normalized spacial score (nSPS) is 17.9. The Morgan fingerprint density at radius 2 is 1.84 bits per heavy atom. The van der Waals surface area contributed by atoms with E-state index in [4.69, 9.17) is 0 Å². The van der Waals surface area contributed by atoms with Crippen molar-refractivity contribution in [2.24, 2.45) is 5.92 Å². The van der Waals surface area contributed by atoms with Gasteiger partial charge in [-0.25, -0.2) is 0 Å². The molecule has 0 bridgehead atoms. The van der Waals surface area contributed by atoms with Crippen LogP contribution in [0.4, 0.5) is 5.69 Å². The number of nitrogens with zero attached hydrogens (tertiary/aromatic N) is 1. The van der Waals surface area contributed by atoms with E-state index in [0.717, 1.165) is 5.92 Å². The lowest BCUT2D eigenvalue weighted by molar-refractivity contribution is 0.198. The fourth-order valence-corrected chi connectivity index (χ4v) is 3.11. The molecule has 1 aromatic rings. The van der Waals surface area contributed by atoms with Crippen LogP contribution in [0, 0.1) is 5.92 Å². The van der Waals surface area contributed by atoms with Gasteiger partial charge in [-0.05, 0) is 49.3 Å². The van der Waals surface area contributed by atoms with Gasteiger partial charge in [-0.15, -0.1) is 11.8 Å². The Hall–Kier alpha value is -0.670. The van der Waals surface area contributed by atoms with Crippen LogP contribution in [-0.2, 0) is 0 Å². The van der Waals surface area contributed by atoms with Gasteiger partial charge < -0.3 is 10.2 Å². The van der Waals surface area contributed by atoms with Crippen LogP contribution in [0.2, 0.25) is 0 Å². The Morgan fingerprint density at radius 3 is 2.37 bits per heavy atom. The van der Waals surface area contributed by atoms with E-state index in [1.54, 1.807) is 11.8 Å². The number of hydrogen-bond acceptors (Lipinski definition) is 3. The third-order valence-electron chi connectivity index (χ3n) is 3.67. The highest BCUT2D eigenvalue weighted by atomic mass is 32.2. The summed E-state index contributed by atoms with van der Waals surface area (Å²) in [5, 5.41) is 3.67. The first kappa shape index (κ1) is 14.7. The number of piperidine rings is 1. The Labute approximate surface area is 122 Å². The van der Waals surface area contributed by atoms with Crippen LogP contribution < -0.4 is 5.32 Å². The maximum atomic E-state index is 3.67. The second kappa shape index (κ2) is 7.20. The molecular weight excluding hydrogens is 252 g/mol. The third kappa shape index (κ3) is 4.73. The van der Waals surface area contributed by atoms with Gasteiger partial charge in [0.2, 0.25) is 0 Å². The minimum Gasteiger partial charge on any atom is -0.382 e. The Bertz CT molecular complexity index is 367. The van der Waals surface area contributed by atoms with Gasteiger partial charge in [0.05, 0.1) is 0 Å². The van der Waals surface area contributed by atoms with E-state index in [-0.39, 0.29) is 0 Å². The second-order valence-electron chi connectivity index (χ2n) is 5.84. The van der Waals surface area contributed by atoms with E-state index in [2.05, 4.69) is 54.6 Å². The SMILES string of the molecule is CSc1ccc(NC2CCN(CC(C)C)CC2)cc1. The van der Waals surface area contributed by atoms with Crippen molar-refractivity contribution in [3.8, 4) is 0 Å². The largest absolute Gasteiger partial charge is 0.382 e. The number of rotatable bonds is 5. The Morgan fingerprint density at radius 1 is 1.21 bits per heavy atom. The molecule has 106 valence electrons. The quantitative estimate of drug-likeness (QED) is 0.821. The van der Waals surface area contributed by atoms with Crippen LogP contribution in [0.25, 0.3) is 0 Å². The number of thioether (sulfide) groups is 1. The van der Waals surface area contributed by atoms with Crippen LogP contribution in [0.3, 0.4) is 0 Å². The van der Waals surface area contributed by atoms with E-state index in [9.17, 15) is 0 Å². The maximum Gasteiger partial charge on any atom is 0.0343 e. The lowest BCUT2D eigenvalue weighted by Crippen LogP contribution is -2.40. The van der Waals surface area contributed by atoms with Gasteiger partial charge in [0.25, 0.3) is 0 Å². The number of nitrogens with one attached hydrogen (secondary N) is 1. The number of likely N-dealkylation sites (tertiary alicyclic amines) is 1. The molecule has 1 heterocycles. The van der Waals surface area contributed by atoms with E-state index in [0.29, 0.717) is 6.04 Å². The van der Waals surface area contributed by atoms with Gasteiger partial charge in [-0.1, -0.05) is 13.8 Å². The van der Waals surface area contributed by atoms with Crippen molar-refractivity contribution < 1.29 is 0 Å². The molecular formula is C16H26N2S. The maximum absolute atomic E-state index is 3.67. The molecule has 2 nitrogen and oxygen atoms in total. The molecule has 0 saturated carbocycles. The van der Waals surface area contributed by atoms with Crippen molar-refractivity contribution in [3.05, 3.63) is 24.3 Å². The van der Waals surface area contributed by atoms with Crippen LogP contribution in [0.5, 0.6) is 0 Å². The zero-order chi connectivity index (χ0) is 13.7. The number of benzene rings is 1. The molecule has 1 aliphatic rings. The smallest absolute Gasteiger partial charge is 0.0343 e. The zero-order valence-electron chi connectivity index (χ0n) is 12.4. The first-order valence-electron chi connectivity index (χ1n) is 7.30. The predicted molar refractivity (Wildman–Crippen MR) is 86.1 cm³/mol. The summed E-state index contributed by atoms with van der Waals surface area (Å²) < 4.78 is 0. The van der Waals surface area contributed by atoms with Gasteiger partial charge in [-0.3, -0.25) is 0 Å². The van der Waals surface area contributed by atoms with Gasteiger partial charge in [0.1, 0.15) is 0 Å². The van der Waals surface area contributed by atoms with Crippen LogP contribution in [0.15, 0.2) is 29.2 Å². The van der Waals surface area contributed by atoms with Gasteiger partial charge in [-0.2, -0.15) is 0 Å². The summed E-state index contributed by atoms with van der Waals surface area (Å²) in [6, 6.07) is 9.43. The molecule has 0 aromatic heterocycles. The highest BCUT2D eigenvalue weighted by Crippen LogP contribution is 2.20. The fraction of sp³-hybridized carbons (Fsp3) is 0.625. The average Bonchev–Trinajstić information content (AvgIpc) is 2.41. The van der Waals surface area contributed by atoms with E-state index in [1.807, 2.05) is 0 Å². The summed E-state index contributed by atoms with van der Waals surface area (Å²) in [5.74, 6) is 0.781. The second-order valence-corrected chi connectivity index (χ2v) is 6.72. The van der Waals surface area contributed by atoms with Gasteiger partial charge >= 0.3 is 0 Å². The minimum atomic E-state index is 0.642. The highest BCUT2D eigenvalue weighted by Gasteiger charge is 2.19. The third-order valence-corrected chi connectivity index (χ3v) is 4.42. The minimum absolute atomic E-state index is 0.642. The first-order chi connectivity index (χ1) is 9.17. The van der Waals surface area contributed by atoms with Gasteiger partial charge in [0.15, 0.2) is 0 Å². The monoisotopic (exact) mass is 278 g/mol. The molecule has 0 radical (unpaired) electrons. The summed E-state index contributed by atoms with van der Waals surface area (Å²) in [4.78, 5) is 3.93. The average molecular weight is 278 g/mol. The van der Waals surface area contributed by atoms with Crippen molar-refractivity contribution in [1.82, 2.24) is 4.90 Å². The lowest BCUT2D eigenvalue weighted by Gasteiger charge is -2.33. The summed E-state index contributed by atoms with van der Waals surface area (Å²) in [7, 11) is 0.